The van der Waals surface area contributed by atoms with E-state index < -0.39 is 0 Å². The SMILES string of the molecule is ClCc1nc2ccccc2n1-c1ccc2sccc2c1. The Morgan fingerprint density at radius 3 is 2.90 bits per heavy atom. The minimum atomic E-state index is 0.399. The highest BCUT2D eigenvalue weighted by molar-refractivity contribution is 7.17. The highest BCUT2D eigenvalue weighted by atomic mass is 35.5. The van der Waals surface area contributed by atoms with Crippen molar-refractivity contribution in [3.63, 3.8) is 0 Å². The minimum Gasteiger partial charge on any atom is -0.295 e. The molecule has 0 aliphatic heterocycles. The minimum absolute atomic E-state index is 0.399. The molecule has 98 valence electrons. The molecule has 0 unspecified atom stereocenters. The Morgan fingerprint density at radius 1 is 1.10 bits per heavy atom. The van der Waals surface area contributed by atoms with E-state index in [0.29, 0.717) is 5.88 Å². The normalized spacial score (nSPS) is 11.4. The van der Waals surface area contributed by atoms with Crippen molar-refractivity contribution in [2.45, 2.75) is 5.88 Å². The largest absolute Gasteiger partial charge is 0.295 e. The van der Waals surface area contributed by atoms with Crippen molar-refractivity contribution in [2.75, 3.05) is 0 Å². The second-order valence-corrected chi connectivity index (χ2v) is 5.84. The van der Waals surface area contributed by atoms with Crippen LogP contribution in [0.5, 0.6) is 0 Å². The number of hydrogen-bond donors (Lipinski definition) is 0. The molecule has 0 amide bonds. The molecular formula is C16H11ClN2S. The third kappa shape index (κ3) is 1.74. The first-order valence-electron chi connectivity index (χ1n) is 6.37. The standard InChI is InChI=1S/C16H11ClN2S/c17-10-16-18-13-3-1-2-4-14(13)19(16)12-5-6-15-11(9-12)7-8-20-15/h1-9H,10H2. The van der Waals surface area contributed by atoms with Crippen molar-refractivity contribution in [1.82, 2.24) is 9.55 Å². The molecule has 0 saturated carbocycles. The molecule has 0 N–H and O–H groups in total. The Balaban J connectivity index is 2.04. The van der Waals surface area contributed by atoms with Crippen LogP contribution in [0.1, 0.15) is 5.82 Å². The number of aromatic nitrogens is 2. The van der Waals surface area contributed by atoms with Gasteiger partial charge in [0.05, 0.1) is 16.9 Å². The quantitative estimate of drug-likeness (QED) is 0.477. The van der Waals surface area contributed by atoms with Gasteiger partial charge in [0.15, 0.2) is 0 Å². The van der Waals surface area contributed by atoms with E-state index in [4.69, 9.17) is 11.6 Å². The number of fused-ring (bicyclic) bond motifs is 2. The van der Waals surface area contributed by atoms with Gasteiger partial charge in [0, 0.05) is 10.4 Å². The number of imidazole rings is 1. The van der Waals surface area contributed by atoms with Gasteiger partial charge in [-0.1, -0.05) is 12.1 Å². The first kappa shape index (κ1) is 11.9. The number of benzene rings is 2. The van der Waals surface area contributed by atoms with Gasteiger partial charge in [-0.25, -0.2) is 4.98 Å². The van der Waals surface area contributed by atoms with Crippen LogP contribution in [0.15, 0.2) is 53.9 Å². The van der Waals surface area contributed by atoms with Gasteiger partial charge in [-0.05, 0) is 47.2 Å². The molecule has 4 rings (SSSR count). The number of thiophene rings is 1. The van der Waals surface area contributed by atoms with Gasteiger partial charge < -0.3 is 0 Å². The summed E-state index contributed by atoms with van der Waals surface area (Å²) in [4.78, 5) is 4.61. The molecule has 0 saturated heterocycles. The number of hydrogen-bond acceptors (Lipinski definition) is 2. The van der Waals surface area contributed by atoms with Crippen LogP contribution in [-0.4, -0.2) is 9.55 Å². The van der Waals surface area contributed by atoms with Crippen LogP contribution < -0.4 is 0 Å². The van der Waals surface area contributed by atoms with Crippen LogP contribution in [0.4, 0.5) is 0 Å². The van der Waals surface area contributed by atoms with Crippen molar-refractivity contribution in [1.29, 1.82) is 0 Å². The van der Waals surface area contributed by atoms with Gasteiger partial charge in [0.25, 0.3) is 0 Å². The molecule has 0 bridgehead atoms. The zero-order valence-corrected chi connectivity index (χ0v) is 12.2. The monoisotopic (exact) mass is 298 g/mol. The van der Waals surface area contributed by atoms with E-state index >= 15 is 0 Å². The molecule has 2 aromatic heterocycles. The molecule has 0 spiro atoms. The number of alkyl halides is 1. The van der Waals surface area contributed by atoms with Gasteiger partial charge in [-0.2, -0.15) is 0 Å². The van der Waals surface area contributed by atoms with Crippen LogP contribution in [0.25, 0.3) is 26.8 Å². The maximum Gasteiger partial charge on any atom is 0.129 e. The van der Waals surface area contributed by atoms with Gasteiger partial charge in [-0.3, -0.25) is 4.57 Å². The third-order valence-corrected chi connectivity index (χ3v) is 4.58. The second-order valence-electron chi connectivity index (χ2n) is 4.63. The van der Waals surface area contributed by atoms with Crippen molar-refractivity contribution in [3.05, 3.63) is 59.7 Å². The predicted molar refractivity (Wildman–Crippen MR) is 86.0 cm³/mol. The van der Waals surface area contributed by atoms with E-state index in [0.717, 1.165) is 22.5 Å². The fourth-order valence-electron chi connectivity index (χ4n) is 2.55. The first-order chi connectivity index (χ1) is 9.86. The maximum atomic E-state index is 6.07. The predicted octanol–water partition coefficient (Wildman–Crippen LogP) is 4.98. The van der Waals surface area contributed by atoms with Crippen molar-refractivity contribution < 1.29 is 0 Å². The van der Waals surface area contributed by atoms with Gasteiger partial charge in [0.1, 0.15) is 5.82 Å². The topological polar surface area (TPSA) is 17.8 Å². The summed E-state index contributed by atoms with van der Waals surface area (Å²) >= 11 is 7.83. The first-order valence-corrected chi connectivity index (χ1v) is 7.78. The summed E-state index contributed by atoms with van der Waals surface area (Å²) in [6.45, 7) is 0. The van der Waals surface area contributed by atoms with Crippen LogP contribution in [-0.2, 0) is 5.88 Å². The average molecular weight is 299 g/mol. The lowest BCUT2D eigenvalue weighted by atomic mass is 10.2. The Bertz CT molecular complexity index is 907. The lowest BCUT2D eigenvalue weighted by Crippen LogP contribution is -1.98. The van der Waals surface area contributed by atoms with Gasteiger partial charge in [0.2, 0.25) is 0 Å². The van der Waals surface area contributed by atoms with Gasteiger partial charge in [-0.15, -0.1) is 22.9 Å². The van der Waals surface area contributed by atoms with E-state index in [2.05, 4.69) is 45.3 Å². The van der Waals surface area contributed by atoms with E-state index in [1.807, 2.05) is 18.2 Å². The van der Waals surface area contributed by atoms with E-state index in [-0.39, 0.29) is 0 Å². The van der Waals surface area contributed by atoms with E-state index in [9.17, 15) is 0 Å². The molecule has 0 aliphatic carbocycles. The molecule has 4 aromatic rings. The fraction of sp³-hybridized carbons (Fsp3) is 0.0625. The third-order valence-electron chi connectivity index (χ3n) is 3.44. The van der Waals surface area contributed by atoms with Crippen LogP contribution in [0, 0.1) is 0 Å². The van der Waals surface area contributed by atoms with Crippen LogP contribution in [0.2, 0.25) is 0 Å². The fourth-order valence-corrected chi connectivity index (χ4v) is 3.50. The molecule has 20 heavy (non-hydrogen) atoms. The zero-order valence-electron chi connectivity index (χ0n) is 10.6. The smallest absolute Gasteiger partial charge is 0.129 e. The summed E-state index contributed by atoms with van der Waals surface area (Å²) in [6.07, 6.45) is 0. The van der Waals surface area contributed by atoms with E-state index in [1.165, 1.54) is 10.1 Å². The molecule has 0 aliphatic rings. The number of halogens is 1. The summed E-state index contributed by atoms with van der Waals surface area (Å²) in [6, 6.07) is 16.7. The molecule has 2 aromatic carbocycles. The maximum absolute atomic E-state index is 6.07. The Labute approximate surface area is 125 Å². The average Bonchev–Trinajstić information content (AvgIpc) is 3.09. The number of rotatable bonds is 2. The number of para-hydroxylation sites is 2. The molecule has 2 heterocycles. The van der Waals surface area contributed by atoms with Crippen molar-refractivity contribution >= 4 is 44.1 Å². The van der Waals surface area contributed by atoms with Crippen molar-refractivity contribution in [2.24, 2.45) is 0 Å². The molecular weight excluding hydrogens is 288 g/mol. The van der Waals surface area contributed by atoms with Gasteiger partial charge >= 0.3 is 0 Å². The zero-order chi connectivity index (χ0) is 13.5. The summed E-state index contributed by atoms with van der Waals surface area (Å²) in [7, 11) is 0. The van der Waals surface area contributed by atoms with Crippen molar-refractivity contribution in [3.8, 4) is 5.69 Å². The summed E-state index contributed by atoms with van der Waals surface area (Å²) < 4.78 is 3.44. The molecule has 0 fully saturated rings. The second kappa shape index (κ2) is 4.62. The summed E-state index contributed by atoms with van der Waals surface area (Å²) in [5.74, 6) is 1.28. The number of nitrogens with zero attached hydrogens (tertiary/aromatic N) is 2. The van der Waals surface area contributed by atoms with Crippen LogP contribution in [0.3, 0.4) is 0 Å². The summed E-state index contributed by atoms with van der Waals surface area (Å²) in [5.41, 5.74) is 3.19. The Hall–Kier alpha value is -1.84. The molecule has 0 radical (unpaired) electrons. The van der Waals surface area contributed by atoms with E-state index in [1.54, 1.807) is 11.3 Å². The lowest BCUT2D eigenvalue weighted by Gasteiger charge is -2.08. The highest BCUT2D eigenvalue weighted by Crippen LogP contribution is 2.27. The summed E-state index contributed by atoms with van der Waals surface area (Å²) in [5, 5.41) is 3.37. The molecule has 4 heteroatoms. The molecule has 2 nitrogen and oxygen atoms in total. The Kier molecular flexibility index (Phi) is 2.76. The van der Waals surface area contributed by atoms with Crippen LogP contribution >= 0.6 is 22.9 Å². The molecule has 0 atom stereocenters. The Morgan fingerprint density at radius 2 is 2.00 bits per heavy atom. The highest BCUT2D eigenvalue weighted by Gasteiger charge is 2.11. The lowest BCUT2D eigenvalue weighted by molar-refractivity contribution is 0.984.